The highest BCUT2D eigenvalue weighted by Crippen LogP contribution is 2.23. The number of benzene rings is 1. The zero-order valence-electron chi connectivity index (χ0n) is 13.8. The maximum Gasteiger partial charge on any atom is 0.341 e. The van der Waals surface area contributed by atoms with E-state index in [0.717, 1.165) is 30.2 Å². The maximum atomic E-state index is 14.1. The second-order valence-electron chi connectivity index (χ2n) is 5.95. The van der Waals surface area contributed by atoms with E-state index in [1.54, 1.807) is 23.2 Å². The quantitative estimate of drug-likeness (QED) is 0.781. The van der Waals surface area contributed by atoms with Gasteiger partial charge in [-0.1, -0.05) is 0 Å². The highest BCUT2D eigenvalue weighted by molar-refractivity contribution is 7.06. The van der Waals surface area contributed by atoms with Crippen molar-refractivity contribution in [3.63, 3.8) is 0 Å². The number of carbonyl (C=O) groups is 1. The van der Waals surface area contributed by atoms with Crippen LogP contribution in [0.3, 0.4) is 0 Å². The summed E-state index contributed by atoms with van der Waals surface area (Å²) in [6, 6.07) is 1.62. The Hall–Kier alpha value is -2.29. The SMILES string of the molecule is CC(C)OC(=O)c1cc(N=c2sc(=O)n3n2CCCC3)c(F)cc1F. The number of nitrogens with zero attached hydrogens (tertiary/aromatic N) is 3. The first-order chi connectivity index (χ1) is 11.9. The number of aromatic nitrogens is 2. The van der Waals surface area contributed by atoms with Crippen LogP contribution >= 0.6 is 11.3 Å². The Morgan fingerprint density at radius 2 is 1.88 bits per heavy atom. The van der Waals surface area contributed by atoms with E-state index in [0.29, 0.717) is 24.0 Å². The molecule has 0 saturated carbocycles. The minimum absolute atomic E-state index is 0.180. The van der Waals surface area contributed by atoms with Gasteiger partial charge in [-0.2, -0.15) is 0 Å². The zero-order chi connectivity index (χ0) is 18.1. The molecule has 3 rings (SSSR count). The van der Waals surface area contributed by atoms with Crippen molar-refractivity contribution in [2.75, 3.05) is 0 Å². The van der Waals surface area contributed by atoms with E-state index in [1.807, 2.05) is 0 Å². The van der Waals surface area contributed by atoms with Crippen LogP contribution in [0.25, 0.3) is 0 Å². The molecule has 2 aromatic rings. The Kier molecular flexibility index (Phi) is 4.85. The van der Waals surface area contributed by atoms with Gasteiger partial charge >= 0.3 is 10.8 Å². The topological polar surface area (TPSA) is 65.6 Å². The van der Waals surface area contributed by atoms with Gasteiger partial charge in [0.25, 0.3) is 0 Å². The largest absolute Gasteiger partial charge is 0.459 e. The van der Waals surface area contributed by atoms with Crippen molar-refractivity contribution in [1.82, 2.24) is 9.36 Å². The highest BCUT2D eigenvalue weighted by atomic mass is 32.1. The van der Waals surface area contributed by atoms with Crippen molar-refractivity contribution in [2.24, 2.45) is 4.99 Å². The standard InChI is InChI=1S/C16H17F2N3O3S/c1-9(2)24-14(22)10-7-13(12(18)8-11(10)17)19-15-20-5-3-4-6-21(20)16(23)25-15/h7-9H,3-6H2,1-2H3. The minimum atomic E-state index is -1.01. The number of hydrogen-bond donors (Lipinski definition) is 0. The lowest BCUT2D eigenvalue weighted by atomic mass is 10.2. The minimum Gasteiger partial charge on any atom is -0.459 e. The lowest BCUT2D eigenvalue weighted by molar-refractivity contribution is 0.0372. The molecule has 0 spiro atoms. The molecule has 1 aliphatic rings. The third-order valence-corrected chi connectivity index (χ3v) is 4.58. The van der Waals surface area contributed by atoms with Gasteiger partial charge in [0.05, 0.1) is 11.7 Å². The number of fused-ring (bicyclic) bond motifs is 1. The Labute approximate surface area is 146 Å². The van der Waals surface area contributed by atoms with Crippen molar-refractivity contribution in [3.8, 4) is 0 Å². The van der Waals surface area contributed by atoms with Gasteiger partial charge < -0.3 is 4.74 Å². The van der Waals surface area contributed by atoms with Crippen LogP contribution in [0, 0.1) is 11.6 Å². The Morgan fingerprint density at radius 3 is 2.56 bits per heavy atom. The fourth-order valence-corrected chi connectivity index (χ4v) is 3.47. The van der Waals surface area contributed by atoms with Crippen LogP contribution in [0.15, 0.2) is 21.9 Å². The number of esters is 1. The third kappa shape index (κ3) is 3.55. The fraction of sp³-hybridized carbons (Fsp3) is 0.438. The van der Waals surface area contributed by atoms with Gasteiger partial charge in [0.15, 0.2) is 5.82 Å². The smallest absolute Gasteiger partial charge is 0.341 e. The summed E-state index contributed by atoms with van der Waals surface area (Å²) in [6.45, 7) is 4.45. The molecule has 0 N–H and O–H groups in total. The Bertz CT molecular complexity index is 943. The summed E-state index contributed by atoms with van der Waals surface area (Å²) in [5.74, 6) is -2.81. The number of carbonyl (C=O) groups excluding carboxylic acids is 1. The molecule has 0 saturated heterocycles. The lowest BCUT2D eigenvalue weighted by Gasteiger charge is -2.15. The predicted octanol–water partition coefficient (Wildman–Crippen LogP) is 2.58. The molecule has 0 unspecified atom stereocenters. The number of ether oxygens (including phenoxy) is 1. The fourth-order valence-electron chi connectivity index (χ4n) is 2.58. The average Bonchev–Trinajstić information content (AvgIpc) is 2.86. The van der Waals surface area contributed by atoms with Crippen molar-refractivity contribution >= 4 is 23.0 Å². The lowest BCUT2D eigenvalue weighted by Crippen LogP contribution is -2.31. The molecule has 0 aliphatic carbocycles. The van der Waals surface area contributed by atoms with E-state index in [1.165, 1.54) is 0 Å². The first kappa shape index (κ1) is 17.5. The number of halogens is 2. The molecule has 1 aliphatic heterocycles. The second kappa shape index (κ2) is 6.91. The molecule has 25 heavy (non-hydrogen) atoms. The van der Waals surface area contributed by atoms with Crippen LogP contribution in [0.1, 0.15) is 37.0 Å². The van der Waals surface area contributed by atoms with E-state index < -0.39 is 23.7 Å². The van der Waals surface area contributed by atoms with Crippen LogP contribution < -0.4 is 9.67 Å². The molecule has 0 atom stereocenters. The van der Waals surface area contributed by atoms with Gasteiger partial charge in [-0.05, 0) is 44.1 Å². The van der Waals surface area contributed by atoms with Crippen LogP contribution in [0.4, 0.5) is 14.5 Å². The van der Waals surface area contributed by atoms with Crippen LogP contribution in [0.2, 0.25) is 0 Å². The molecule has 134 valence electrons. The Morgan fingerprint density at radius 1 is 1.20 bits per heavy atom. The van der Waals surface area contributed by atoms with Gasteiger partial charge in [-0.25, -0.2) is 23.2 Å². The normalized spacial score (nSPS) is 14.7. The van der Waals surface area contributed by atoms with Gasteiger partial charge in [-0.15, -0.1) is 0 Å². The van der Waals surface area contributed by atoms with E-state index in [9.17, 15) is 18.4 Å². The summed E-state index contributed by atoms with van der Waals surface area (Å²) < 4.78 is 36.2. The third-order valence-electron chi connectivity index (χ3n) is 3.71. The summed E-state index contributed by atoms with van der Waals surface area (Å²) in [5, 5.41) is 0. The number of rotatable bonds is 3. The van der Waals surface area contributed by atoms with Gasteiger partial charge in [-0.3, -0.25) is 9.48 Å². The molecule has 2 heterocycles. The second-order valence-corrected chi connectivity index (χ2v) is 6.87. The summed E-state index contributed by atoms with van der Waals surface area (Å²) in [5.41, 5.74) is -0.598. The van der Waals surface area contributed by atoms with Crippen molar-refractivity contribution in [2.45, 2.75) is 45.9 Å². The predicted molar refractivity (Wildman–Crippen MR) is 87.9 cm³/mol. The van der Waals surface area contributed by atoms with Crippen LogP contribution in [0.5, 0.6) is 0 Å². The van der Waals surface area contributed by atoms with Crippen molar-refractivity contribution in [3.05, 3.63) is 43.8 Å². The number of hydrogen-bond acceptors (Lipinski definition) is 5. The first-order valence-electron chi connectivity index (χ1n) is 7.92. The van der Waals surface area contributed by atoms with E-state index >= 15 is 0 Å². The van der Waals surface area contributed by atoms with Gasteiger partial charge in [0, 0.05) is 19.2 Å². The summed E-state index contributed by atoms with van der Waals surface area (Å²) in [4.78, 5) is 28.2. The van der Waals surface area contributed by atoms with E-state index in [4.69, 9.17) is 4.74 Å². The average molecular weight is 369 g/mol. The monoisotopic (exact) mass is 369 g/mol. The highest BCUT2D eigenvalue weighted by Gasteiger charge is 2.19. The van der Waals surface area contributed by atoms with E-state index in [2.05, 4.69) is 4.99 Å². The molecule has 0 radical (unpaired) electrons. The van der Waals surface area contributed by atoms with Crippen molar-refractivity contribution < 1.29 is 18.3 Å². The summed E-state index contributed by atoms with van der Waals surface area (Å²) >= 11 is 0.890. The molecule has 0 fully saturated rings. The maximum absolute atomic E-state index is 14.1. The molecule has 1 aromatic heterocycles. The van der Waals surface area contributed by atoms with Crippen LogP contribution in [-0.4, -0.2) is 21.4 Å². The molecular formula is C16H17F2N3O3S. The summed E-state index contributed by atoms with van der Waals surface area (Å²) in [6.07, 6.45) is 1.35. The molecule has 0 amide bonds. The molecule has 9 heteroatoms. The zero-order valence-corrected chi connectivity index (χ0v) is 14.6. The van der Waals surface area contributed by atoms with Crippen molar-refractivity contribution in [1.29, 1.82) is 0 Å². The Balaban J connectivity index is 2.09. The van der Waals surface area contributed by atoms with Gasteiger partial charge in [0.1, 0.15) is 11.5 Å². The molecule has 1 aromatic carbocycles. The van der Waals surface area contributed by atoms with E-state index in [-0.39, 0.29) is 16.1 Å². The first-order valence-corrected chi connectivity index (χ1v) is 8.74. The molecule has 6 nitrogen and oxygen atoms in total. The van der Waals surface area contributed by atoms with Gasteiger partial charge in [0.2, 0.25) is 4.80 Å². The van der Waals surface area contributed by atoms with Crippen LogP contribution in [-0.2, 0) is 17.8 Å². The summed E-state index contributed by atoms with van der Waals surface area (Å²) in [7, 11) is 0. The molecular weight excluding hydrogens is 352 g/mol. The molecule has 0 bridgehead atoms.